The predicted octanol–water partition coefficient (Wildman–Crippen LogP) is 4.64. The van der Waals surface area contributed by atoms with Crippen LogP contribution in [0.25, 0.3) is 0 Å². The minimum Gasteiger partial charge on any atom is -0.271 e. The molecule has 2 rings (SSSR count). The van der Waals surface area contributed by atoms with E-state index in [2.05, 4.69) is 21.4 Å². The molecule has 2 aromatic carbocycles. The lowest BCUT2D eigenvalue weighted by atomic mass is 9.99. The van der Waals surface area contributed by atoms with Crippen LogP contribution in [-0.2, 0) is 6.42 Å². The largest absolute Gasteiger partial charge is 0.271 e. The van der Waals surface area contributed by atoms with Crippen LogP contribution >= 0.6 is 39.1 Å². The molecule has 0 amide bonds. The van der Waals surface area contributed by atoms with Crippen LogP contribution in [-0.4, -0.2) is 0 Å². The molecular weight excluding hydrogens is 366 g/mol. The zero-order valence-electron chi connectivity index (χ0n) is 10.3. The van der Waals surface area contributed by atoms with Gasteiger partial charge in [0.25, 0.3) is 0 Å². The molecule has 0 fully saturated rings. The molecule has 2 nitrogen and oxygen atoms in total. The molecule has 3 N–H and O–H groups in total. The summed E-state index contributed by atoms with van der Waals surface area (Å²) in [6.45, 7) is 0. The summed E-state index contributed by atoms with van der Waals surface area (Å²) in [5.74, 6) is 5.29. The highest BCUT2D eigenvalue weighted by Crippen LogP contribution is 2.28. The van der Waals surface area contributed by atoms with Crippen molar-refractivity contribution in [3.05, 3.63) is 67.9 Å². The Bertz CT molecular complexity index is 602. The summed E-state index contributed by atoms with van der Waals surface area (Å²) < 4.78 is 14.0. The summed E-state index contributed by atoms with van der Waals surface area (Å²) in [7, 11) is 0. The molecule has 0 heterocycles. The highest BCUT2D eigenvalue weighted by Gasteiger charge is 2.15. The van der Waals surface area contributed by atoms with Gasteiger partial charge in [-0.05, 0) is 57.7 Å². The lowest BCUT2D eigenvalue weighted by molar-refractivity contribution is 0.546. The van der Waals surface area contributed by atoms with Crippen LogP contribution in [0.15, 0.2) is 40.9 Å². The van der Waals surface area contributed by atoms with Crippen molar-refractivity contribution in [3.8, 4) is 0 Å². The van der Waals surface area contributed by atoms with E-state index in [1.807, 2.05) is 6.07 Å². The Morgan fingerprint density at radius 1 is 1.20 bits per heavy atom. The molecule has 0 aromatic heterocycles. The molecule has 0 saturated heterocycles. The van der Waals surface area contributed by atoms with E-state index in [4.69, 9.17) is 29.0 Å². The number of halogens is 4. The van der Waals surface area contributed by atoms with Gasteiger partial charge in [-0.25, -0.2) is 4.39 Å². The molecule has 0 aliphatic rings. The maximum Gasteiger partial charge on any atom is 0.137 e. The van der Waals surface area contributed by atoms with Gasteiger partial charge in [0.05, 0.1) is 10.5 Å². The lowest BCUT2D eigenvalue weighted by Gasteiger charge is -2.18. The van der Waals surface area contributed by atoms with Crippen LogP contribution in [0.4, 0.5) is 4.39 Å². The second-order valence-electron chi connectivity index (χ2n) is 4.34. The number of nitrogens with one attached hydrogen (secondary N) is 1. The molecule has 0 radical (unpaired) electrons. The quantitative estimate of drug-likeness (QED) is 0.601. The van der Waals surface area contributed by atoms with E-state index >= 15 is 0 Å². The van der Waals surface area contributed by atoms with Crippen LogP contribution in [0.1, 0.15) is 17.2 Å². The number of hydrogen-bond acceptors (Lipinski definition) is 2. The Hall–Kier alpha value is -0.650. The fourth-order valence-electron chi connectivity index (χ4n) is 1.98. The first-order valence-electron chi connectivity index (χ1n) is 5.86. The standard InChI is InChI=1S/C14H12BrCl2FN2/c15-14-8(2-1-3-12(14)18)6-13(20-19)9-4-10(16)7-11(17)5-9/h1-5,7,13,20H,6,19H2. The molecule has 0 spiro atoms. The predicted molar refractivity (Wildman–Crippen MR) is 84.3 cm³/mol. The highest BCUT2D eigenvalue weighted by atomic mass is 79.9. The van der Waals surface area contributed by atoms with E-state index in [1.54, 1.807) is 24.3 Å². The zero-order chi connectivity index (χ0) is 14.7. The molecule has 1 unspecified atom stereocenters. The van der Waals surface area contributed by atoms with Gasteiger partial charge in [0.15, 0.2) is 0 Å². The first-order chi connectivity index (χ1) is 9.51. The van der Waals surface area contributed by atoms with Crippen molar-refractivity contribution in [2.24, 2.45) is 5.84 Å². The number of benzene rings is 2. The third kappa shape index (κ3) is 3.71. The van der Waals surface area contributed by atoms with Crippen LogP contribution in [0.3, 0.4) is 0 Å². The van der Waals surface area contributed by atoms with Crippen molar-refractivity contribution >= 4 is 39.1 Å². The van der Waals surface area contributed by atoms with Gasteiger partial charge in [0.1, 0.15) is 5.82 Å². The number of hydrazine groups is 1. The topological polar surface area (TPSA) is 38.0 Å². The molecule has 106 valence electrons. The van der Waals surface area contributed by atoms with Gasteiger partial charge < -0.3 is 0 Å². The summed E-state index contributed by atoms with van der Waals surface area (Å²) in [5.41, 5.74) is 4.36. The minimum absolute atomic E-state index is 0.218. The zero-order valence-corrected chi connectivity index (χ0v) is 13.4. The van der Waals surface area contributed by atoms with E-state index in [1.165, 1.54) is 6.07 Å². The van der Waals surface area contributed by atoms with Crippen LogP contribution in [0.5, 0.6) is 0 Å². The molecule has 2 aromatic rings. The second-order valence-corrected chi connectivity index (χ2v) is 6.00. The van der Waals surface area contributed by atoms with Gasteiger partial charge in [0, 0.05) is 10.0 Å². The monoisotopic (exact) mass is 376 g/mol. The average molecular weight is 378 g/mol. The highest BCUT2D eigenvalue weighted by molar-refractivity contribution is 9.10. The summed E-state index contributed by atoms with van der Waals surface area (Å²) >= 11 is 15.2. The third-order valence-electron chi connectivity index (χ3n) is 2.94. The molecule has 0 bridgehead atoms. The number of nitrogens with two attached hydrogens (primary N) is 1. The second kappa shape index (κ2) is 6.87. The summed E-state index contributed by atoms with van der Waals surface area (Å²) in [5, 5.41) is 1.07. The summed E-state index contributed by atoms with van der Waals surface area (Å²) in [4.78, 5) is 0. The average Bonchev–Trinajstić information content (AvgIpc) is 2.39. The van der Waals surface area contributed by atoms with Gasteiger partial charge in [-0.1, -0.05) is 35.3 Å². The van der Waals surface area contributed by atoms with E-state index < -0.39 is 0 Å². The smallest absolute Gasteiger partial charge is 0.137 e. The molecule has 6 heteroatoms. The van der Waals surface area contributed by atoms with E-state index in [-0.39, 0.29) is 11.9 Å². The van der Waals surface area contributed by atoms with Gasteiger partial charge in [-0.3, -0.25) is 11.3 Å². The Labute approximate surface area is 135 Å². The van der Waals surface area contributed by atoms with Gasteiger partial charge in [-0.15, -0.1) is 0 Å². The Kier molecular flexibility index (Phi) is 5.41. The van der Waals surface area contributed by atoms with Gasteiger partial charge >= 0.3 is 0 Å². The molecule has 20 heavy (non-hydrogen) atoms. The lowest BCUT2D eigenvalue weighted by Crippen LogP contribution is -2.29. The maximum atomic E-state index is 13.5. The van der Waals surface area contributed by atoms with Gasteiger partial charge in [-0.2, -0.15) is 0 Å². The van der Waals surface area contributed by atoms with Crippen molar-refractivity contribution < 1.29 is 4.39 Å². The van der Waals surface area contributed by atoms with Crippen LogP contribution in [0, 0.1) is 5.82 Å². The fraction of sp³-hybridized carbons (Fsp3) is 0.143. The van der Waals surface area contributed by atoms with Crippen molar-refractivity contribution in [1.29, 1.82) is 0 Å². The molecule has 0 saturated carbocycles. The Morgan fingerprint density at radius 3 is 2.45 bits per heavy atom. The van der Waals surface area contributed by atoms with Crippen molar-refractivity contribution in [2.45, 2.75) is 12.5 Å². The SMILES string of the molecule is NNC(Cc1cccc(F)c1Br)c1cc(Cl)cc(Cl)c1. The summed E-state index contributed by atoms with van der Waals surface area (Å²) in [6, 6.07) is 9.89. The number of hydrogen-bond donors (Lipinski definition) is 2. The molecule has 0 aliphatic heterocycles. The molecule has 1 atom stereocenters. The molecule has 0 aliphatic carbocycles. The van der Waals surface area contributed by atoms with Crippen LogP contribution in [0.2, 0.25) is 10.0 Å². The summed E-state index contributed by atoms with van der Waals surface area (Å²) in [6.07, 6.45) is 0.505. The van der Waals surface area contributed by atoms with E-state index in [9.17, 15) is 4.39 Å². The number of rotatable bonds is 4. The van der Waals surface area contributed by atoms with Crippen LogP contribution < -0.4 is 11.3 Å². The van der Waals surface area contributed by atoms with Crippen molar-refractivity contribution in [2.75, 3.05) is 0 Å². The molecular formula is C14H12BrCl2FN2. The van der Waals surface area contributed by atoms with Crippen molar-refractivity contribution in [3.63, 3.8) is 0 Å². The minimum atomic E-state index is -0.303. The Balaban J connectivity index is 2.31. The van der Waals surface area contributed by atoms with E-state index in [0.717, 1.165) is 11.1 Å². The normalized spacial score (nSPS) is 12.4. The fourth-order valence-corrected chi connectivity index (χ4v) is 2.94. The first-order valence-corrected chi connectivity index (χ1v) is 7.41. The first kappa shape index (κ1) is 15.7. The van der Waals surface area contributed by atoms with Crippen molar-refractivity contribution in [1.82, 2.24) is 5.43 Å². The van der Waals surface area contributed by atoms with Gasteiger partial charge in [0.2, 0.25) is 0 Å². The Morgan fingerprint density at radius 2 is 1.85 bits per heavy atom. The maximum absolute atomic E-state index is 13.5. The third-order valence-corrected chi connectivity index (χ3v) is 4.27. The van der Waals surface area contributed by atoms with E-state index in [0.29, 0.717) is 20.9 Å².